The lowest BCUT2D eigenvalue weighted by atomic mass is 10.2. The Morgan fingerprint density at radius 1 is 1.16 bits per heavy atom. The molecule has 25 heavy (non-hydrogen) atoms. The molecule has 0 unspecified atom stereocenters. The van der Waals surface area contributed by atoms with Gasteiger partial charge in [0.05, 0.1) is 4.92 Å². The van der Waals surface area contributed by atoms with E-state index in [-0.39, 0.29) is 18.0 Å². The number of amides is 1. The van der Waals surface area contributed by atoms with E-state index in [1.165, 1.54) is 6.07 Å². The lowest BCUT2D eigenvalue weighted by Gasteiger charge is -2.09. The van der Waals surface area contributed by atoms with E-state index in [0.29, 0.717) is 12.2 Å². The van der Waals surface area contributed by atoms with Gasteiger partial charge in [0.2, 0.25) is 5.91 Å². The van der Waals surface area contributed by atoms with Crippen molar-refractivity contribution in [2.75, 3.05) is 23.7 Å². The Kier molecular flexibility index (Phi) is 6.91. The van der Waals surface area contributed by atoms with E-state index in [1.54, 1.807) is 18.2 Å². The first kappa shape index (κ1) is 18.4. The lowest BCUT2D eigenvalue weighted by molar-refractivity contribution is -0.384. The number of carbonyl (C=O) groups is 1. The summed E-state index contributed by atoms with van der Waals surface area (Å²) in [6.45, 7) is 3.98. The van der Waals surface area contributed by atoms with Crippen molar-refractivity contribution < 1.29 is 9.72 Å². The van der Waals surface area contributed by atoms with Crippen LogP contribution in [0.2, 0.25) is 0 Å². The molecule has 0 saturated heterocycles. The fraction of sp³-hybridized carbons (Fsp3) is 0.278. The van der Waals surface area contributed by atoms with E-state index in [1.807, 2.05) is 31.2 Å². The molecule has 0 bridgehead atoms. The number of anilines is 2. The van der Waals surface area contributed by atoms with Gasteiger partial charge in [-0.25, -0.2) is 0 Å². The zero-order valence-electron chi connectivity index (χ0n) is 14.1. The van der Waals surface area contributed by atoms with Crippen LogP contribution in [0.5, 0.6) is 0 Å². The summed E-state index contributed by atoms with van der Waals surface area (Å²) in [4.78, 5) is 22.5. The summed E-state index contributed by atoms with van der Waals surface area (Å²) in [6.07, 6.45) is 0.212. The van der Waals surface area contributed by atoms with Crippen LogP contribution in [0.1, 0.15) is 18.9 Å². The highest BCUT2D eigenvalue weighted by Crippen LogP contribution is 2.22. The molecule has 132 valence electrons. The van der Waals surface area contributed by atoms with Gasteiger partial charge in [0, 0.05) is 31.3 Å². The molecule has 0 aromatic heterocycles. The Bertz CT molecular complexity index is 734. The van der Waals surface area contributed by atoms with Crippen molar-refractivity contribution in [3.63, 3.8) is 0 Å². The molecule has 0 saturated carbocycles. The molecule has 0 fully saturated rings. The van der Waals surface area contributed by atoms with Crippen molar-refractivity contribution in [3.8, 4) is 0 Å². The van der Waals surface area contributed by atoms with Gasteiger partial charge in [-0.05, 0) is 30.3 Å². The summed E-state index contributed by atoms with van der Waals surface area (Å²) in [6, 6.07) is 14.0. The SMILES string of the molecule is CCNCc1cccc(NC(=O)CCNc2ccccc2[N+](=O)[O-])c1. The number of nitrogens with zero attached hydrogens (tertiary/aromatic N) is 1. The molecule has 2 aromatic rings. The maximum Gasteiger partial charge on any atom is 0.292 e. The third-order valence-corrected chi connectivity index (χ3v) is 3.56. The number of benzene rings is 2. The van der Waals surface area contributed by atoms with Crippen molar-refractivity contribution in [2.45, 2.75) is 19.9 Å². The molecular weight excluding hydrogens is 320 g/mol. The number of hydrogen-bond acceptors (Lipinski definition) is 5. The molecule has 0 radical (unpaired) electrons. The summed E-state index contributed by atoms with van der Waals surface area (Å²) in [5.41, 5.74) is 2.25. The highest BCUT2D eigenvalue weighted by molar-refractivity contribution is 5.91. The van der Waals surface area contributed by atoms with Crippen molar-refractivity contribution in [2.24, 2.45) is 0 Å². The Labute approximate surface area is 146 Å². The Balaban J connectivity index is 1.84. The van der Waals surface area contributed by atoms with Gasteiger partial charge in [-0.2, -0.15) is 0 Å². The summed E-state index contributed by atoms with van der Waals surface area (Å²) in [5.74, 6) is -0.147. The molecule has 2 aromatic carbocycles. The van der Waals surface area contributed by atoms with Crippen molar-refractivity contribution in [3.05, 3.63) is 64.2 Å². The molecule has 0 aliphatic carbocycles. The quantitative estimate of drug-likeness (QED) is 0.480. The van der Waals surface area contributed by atoms with Crippen LogP contribution in [0.15, 0.2) is 48.5 Å². The molecule has 0 heterocycles. The van der Waals surface area contributed by atoms with Crippen molar-refractivity contribution in [1.82, 2.24) is 5.32 Å². The molecule has 1 amide bonds. The van der Waals surface area contributed by atoms with Gasteiger partial charge < -0.3 is 16.0 Å². The summed E-state index contributed by atoms with van der Waals surface area (Å²) >= 11 is 0. The van der Waals surface area contributed by atoms with Gasteiger partial charge in [-0.3, -0.25) is 14.9 Å². The zero-order chi connectivity index (χ0) is 18.1. The van der Waals surface area contributed by atoms with Gasteiger partial charge in [0.25, 0.3) is 5.69 Å². The number of nitro groups is 1. The van der Waals surface area contributed by atoms with Gasteiger partial charge >= 0.3 is 0 Å². The maximum absolute atomic E-state index is 12.0. The first-order chi connectivity index (χ1) is 12.1. The second-order valence-electron chi connectivity index (χ2n) is 5.48. The Morgan fingerprint density at radius 2 is 1.96 bits per heavy atom. The van der Waals surface area contributed by atoms with E-state index in [2.05, 4.69) is 16.0 Å². The number of rotatable bonds is 9. The second-order valence-corrected chi connectivity index (χ2v) is 5.48. The first-order valence-corrected chi connectivity index (χ1v) is 8.17. The third kappa shape index (κ3) is 5.89. The van der Waals surface area contributed by atoms with Crippen LogP contribution >= 0.6 is 0 Å². The normalized spacial score (nSPS) is 10.3. The number of nitro benzene ring substituents is 1. The highest BCUT2D eigenvalue weighted by atomic mass is 16.6. The van der Waals surface area contributed by atoms with Crippen LogP contribution < -0.4 is 16.0 Å². The predicted octanol–water partition coefficient (Wildman–Crippen LogP) is 3.15. The van der Waals surface area contributed by atoms with Crippen LogP contribution in [0.3, 0.4) is 0 Å². The molecule has 3 N–H and O–H groups in total. The van der Waals surface area contributed by atoms with Gasteiger partial charge in [0.15, 0.2) is 0 Å². The van der Waals surface area contributed by atoms with Crippen LogP contribution in [0.25, 0.3) is 0 Å². The van der Waals surface area contributed by atoms with Crippen LogP contribution in [-0.4, -0.2) is 23.9 Å². The largest absolute Gasteiger partial charge is 0.379 e. The van der Waals surface area contributed by atoms with E-state index >= 15 is 0 Å². The smallest absolute Gasteiger partial charge is 0.292 e. The first-order valence-electron chi connectivity index (χ1n) is 8.17. The van der Waals surface area contributed by atoms with Crippen LogP contribution in [0, 0.1) is 10.1 Å². The van der Waals surface area contributed by atoms with E-state index in [4.69, 9.17) is 0 Å². The standard InChI is InChI=1S/C18H22N4O3/c1-2-19-13-14-6-5-7-15(12-14)21-18(23)10-11-20-16-8-3-4-9-17(16)22(24)25/h3-9,12,19-20H,2,10-11,13H2,1H3,(H,21,23). The minimum absolute atomic E-state index is 0.000895. The monoisotopic (exact) mass is 342 g/mol. The Morgan fingerprint density at radius 3 is 2.72 bits per heavy atom. The van der Waals surface area contributed by atoms with Crippen LogP contribution in [0.4, 0.5) is 17.1 Å². The molecule has 2 rings (SSSR count). The van der Waals surface area contributed by atoms with E-state index < -0.39 is 4.92 Å². The molecule has 0 atom stereocenters. The number of para-hydroxylation sites is 2. The van der Waals surface area contributed by atoms with E-state index in [0.717, 1.165) is 24.3 Å². The molecule has 0 aliphatic heterocycles. The summed E-state index contributed by atoms with van der Waals surface area (Å²) in [5, 5.41) is 20.0. The second kappa shape index (κ2) is 9.39. The zero-order valence-corrected chi connectivity index (χ0v) is 14.1. The lowest BCUT2D eigenvalue weighted by Crippen LogP contribution is -2.17. The molecule has 7 nitrogen and oxygen atoms in total. The van der Waals surface area contributed by atoms with E-state index in [9.17, 15) is 14.9 Å². The van der Waals surface area contributed by atoms with Crippen molar-refractivity contribution in [1.29, 1.82) is 0 Å². The third-order valence-electron chi connectivity index (χ3n) is 3.56. The summed E-state index contributed by atoms with van der Waals surface area (Å²) < 4.78 is 0. The average Bonchev–Trinajstić information content (AvgIpc) is 2.60. The minimum atomic E-state index is -0.446. The molecule has 0 aliphatic rings. The van der Waals surface area contributed by atoms with Crippen molar-refractivity contribution >= 4 is 23.0 Å². The summed E-state index contributed by atoms with van der Waals surface area (Å²) in [7, 11) is 0. The van der Waals surface area contributed by atoms with Crippen LogP contribution in [-0.2, 0) is 11.3 Å². The molecular formula is C18H22N4O3. The number of nitrogens with one attached hydrogen (secondary N) is 3. The average molecular weight is 342 g/mol. The predicted molar refractivity (Wildman–Crippen MR) is 98.7 cm³/mol. The van der Waals surface area contributed by atoms with Gasteiger partial charge in [-0.1, -0.05) is 31.2 Å². The van der Waals surface area contributed by atoms with Gasteiger partial charge in [-0.15, -0.1) is 0 Å². The Hall–Kier alpha value is -2.93. The fourth-order valence-electron chi connectivity index (χ4n) is 2.34. The number of hydrogen-bond donors (Lipinski definition) is 3. The molecule has 0 spiro atoms. The maximum atomic E-state index is 12.0. The number of carbonyl (C=O) groups excluding carboxylic acids is 1. The highest BCUT2D eigenvalue weighted by Gasteiger charge is 2.12. The minimum Gasteiger partial charge on any atom is -0.379 e. The topological polar surface area (TPSA) is 96.3 Å². The molecule has 7 heteroatoms. The van der Waals surface area contributed by atoms with Gasteiger partial charge in [0.1, 0.15) is 5.69 Å². The fourth-order valence-corrected chi connectivity index (χ4v) is 2.34.